The van der Waals surface area contributed by atoms with Gasteiger partial charge in [-0.15, -0.1) is 0 Å². The third-order valence-corrected chi connectivity index (χ3v) is 2.76. The van der Waals surface area contributed by atoms with Crippen molar-refractivity contribution in [3.8, 4) is 0 Å². The van der Waals surface area contributed by atoms with Crippen LogP contribution in [0.15, 0.2) is 10.6 Å². The maximum absolute atomic E-state index is 11.7. The Morgan fingerprint density at radius 3 is 2.80 bits per heavy atom. The summed E-state index contributed by atoms with van der Waals surface area (Å²) in [6, 6.07) is 0.304. The molecule has 0 spiro atoms. The number of amides is 1. The normalized spacial score (nSPS) is 17.7. The predicted molar refractivity (Wildman–Crippen MR) is 55.6 cm³/mol. The summed E-state index contributed by atoms with van der Waals surface area (Å²) in [6.07, 6.45) is 7.41. The van der Waals surface area contributed by atoms with E-state index < -0.39 is 0 Å². The quantitative estimate of drug-likeness (QED) is 0.809. The Labute approximate surface area is 89.1 Å². The molecular formula is C11H16N2O2. The first-order valence-corrected chi connectivity index (χ1v) is 5.49. The summed E-state index contributed by atoms with van der Waals surface area (Å²) in [5, 5.41) is 2.95. The van der Waals surface area contributed by atoms with Crippen molar-refractivity contribution in [1.29, 1.82) is 0 Å². The summed E-state index contributed by atoms with van der Waals surface area (Å²) in [5.74, 6) is 0.664. The van der Waals surface area contributed by atoms with E-state index in [1.54, 1.807) is 13.1 Å². The Morgan fingerprint density at radius 1 is 1.47 bits per heavy atom. The summed E-state index contributed by atoms with van der Waals surface area (Å²) in [6.45, 7) is 1.78. The number of nitrogens with zero attached hydrogens (tertiary/aromatic N) is 1. The van der Waals surface area contributed by atoms with Crippen molar-refractivity contribution in [2.75, 3.05) is 0 Å². The molecule has 1 aromatic heterocycles. The Balaban J connectivity index is 1.91. The van der Waals surface area contributed by atoms with Crippen LogP contribution >= 0.6 is 0 Å². The van der Waals surface area contributed by atoms with Gasteiger partial charge in [-0.1, -0.05) is 19.3 Å². The lowest BCUT2D eigenvalue weighted by Crippen LogP contribution is -2.36. The van der Waals surface area contributed by atoms with E-state index in [-0.39, 0.29) is 11.8 Å². The first-order valence-electron chi connectivity index (χ1n) is 5.49. The second-order valence-electron chi connectivity index (χ2n) is 4.08. The van der Waals surface area contributed by atoms with E-state index in [4.69, 9.17) is 4.42 Å². The fourth-order valence-electron chi connectivity index (χ4n) is 1.95. The predicted octanol–water partition coefficient (Wildman–Crippen LogP) is 2.05. The second kappa shape index (κ2) is 4.47. The number of oxazole rings is 1. The molecule has 1 N–H and O–H groups in total. The summed E-state index contributed by atoms with van der Waals surface area (Å²) in [5.41, 5.74) is 0. The maximum atomic E-state index is 11.7. The summed E-state index contributed by atoms with van der Waals surface area (Å²) >= 11 is 0. The molecule has 4 nitrogen and oxygen atoms in total. The van der Waals surface area contributed by atoms with Crippen LogP contribution in [0.2, 0.25) is 0 Å². The molecule has 0 bridgehead atoms. The molecule has 0 radical (unpaired) electrons. The number of nitrogens with one attached hydrogen (secondary N) is 1. The number of rotatable bonds is 2. The maximum Gasteiger partial charge on any atom is 0.307 e. The average Bonchev–Trinajstić information content (AvgIpc) is 2.66. The molecule has 4 heteroatoms. The molecule has 0 atom stereocenters. The molecule has 0 unspecified atom stereocenters. The third-order valence-electron chi connectivity index (χ3n) is 2.76. The van der Waals surface area contributed by atoms with E-state index in [0.29, 0.717) is 11.8 Å². The van der Waals surface area contributed by atoms with Gasteiger partial charge in [-0.2, -0.15) is 0 Å². The Bertz CT molecular complexity index is 340. The lowest BCUT2D eigenvalue weighted by atomic mass is 9.95. The van der Waals surface area contributed by atoms with Crippen LogP contribution in [0.25, 0.3) is 0 Å². The van der Waals surface area contributed by atoms with Gasteiger partial charge in [0.2, 0.25) is 0 Å². The van der Waals surface area contributed by atoms with Gasteiger partial charge in [0.1, 0.15) is 5.76 Å². The zero-order chi connectivity index (χ0) is 10.7. The Morgan fingerprint density at radius 2 is 2.20 bits per heavy atom. The molecule has 1 amide bonds. The standard InChI is InChI=1S/C11H16N2O2/c1-8-7-12-11(15-8)10(14)13-9-5-3-2-4-6-9/h7,9H,2-6H2,1H3,(H,13,14). The van der Waals surface area contributed by atoms with Gasteiger partial charge in [-0.25, -0.2) is 4.98 Å². The SMILES string of the molecule is Cc1cnc(C(=O)NC2CCCCC2)o1. The smallest absolute Gasteiger partial charge is 0.307 e. The van der Waals surface area contributed by atoms with Crippen molar-refractivity contribution in [3.63, 3.8) is 0 Å². The average molecular weight is 208 g/mol. The van der Waals surface area contributed by atoms with Gasteiger partial charge in [0.25, 0.3) is 5.89 Å². The highest BCUT2D eigenvalue weighted by molar-refractivity contribution is 5.89. The molecule has 0 aromatic carbocycles. The Kier molecular flexibility index (Phi) is 3.04. The topological polar surface area (TPSA) is 55.1 Å². The van der Waals surface area contributed by atoms with Crippen molar-refractivity contribution in [3.05, 3.63) is 17.8 Å². The van der Waals surface area contributed by atoms with Gasteiger partial charge in [-0.05, 0) is 19.8 Å². The summed E-state index contributed by atoms with van der Waals surface area (Å²) < 4.78 is 5.16. The molecule has 1 heterocycles. The fraction of sp³-hybridized carbons (Fsp3) is 0.636. The van der Waals surface area contributed by atoms with Crippen LogP contribution in [0, 0.1) is 6.92 Å². The molecule has 1 fully saturated rings. The first kappa shape index (κ1) is 10.2. The van der Waals surface area contributed by atoms with E-state index in [1.165, 1.54) is 19.3 Å². The highest BCUT2D eigenvalue weighted by Crippen LogP contribution is 2.17. The van der Waals surface area contributed by atoms with Crippen LogP contribution in [0.1, 0.15) is 48.5 Å². The van der Waals surface area contributed by atoms with Crippen molar-refractivity contribution in [2.45, 2.75) is 45.1 Å². The molecule has 0 saturated heterocycles. The molecule has 1 aliphatic carbocycles. The molecule has 1 saturated carbocycles. The van der Waals surface area contributed by atoms with Crippen LogP contribution in [0.4, 0.5) is 0 Å². The second-order valence-corrected chi connectivity index (χ2v) is 4.08. The molecule has 82 valence electrons. The van der Waals surface area contributed by atoms with E-state index in [0.717, 1.165) is 12.8 Å². The fourth-order valence-corrected chi connectivity index (χ4v) is 1.95. The van der Waals surface area contributed by atoms with E-state index in [2.05, 4.69) is 10.3 Å². The van der Waals surface area contributed by atoms with Gasteiger partial charge < -0.3 is 9.73 Å². The number of aromatic nitrogens is 1. The summed E-state index contributed by atoms with van der Waals surface area (Å²) in [7, 11) is 0. The number of carbonyl (C=O) groups excluding carboxylic acids is 1. The Hall–Kier alpha value is -1.32. The van der Waals surface area contributed by atoms with Gasteiger partial charge in [0.15, 0.2) is 0 Å². The van der Waals surface area contributed by atoms with Gasteiger partial charge >= 0.3 is 5.91 Å². The third kappa shape index (κ3) is 2.58. The van der Waals surface area contributed by atoms with Crippen molar-refractivity contribution in [2.24, 2.45) is 0 Å². The zero-order valence-corrected chi connectivity index (χ0v) is 8.95. The van der Waals surface area contributed by atoms with Gasteiger partial charge in [0.05, 0.1) is 6.20 Å². The molecule has 1 aromatic rings. The van der Waals surface area contributed by atoms with E-state index in [9.17, 15) is 4.79 Å². The first-order chi connectivity index (χ1) is 7.25. The summed E-state index contributed by atoms with van der Waals surface area (Å²) in [4.78, 5) is 15.6. The lowest BCUT2D eigenvalue weighted by molar-refractivity contribution is 0.0891. The van der Waals surface area contributed by atoms with Crippen LogP contribution < -0.4 is 5.32 Å². The van der Waals surface area contributed by atoms with Crippen LogP contribution in [0.3, 0.4) is 0 Å². The largest absolute Gasteiger partial charge is 0.438 e. The monoisotopic (exact) mass is 208 g/mol. The highest BCUT2D eigenvalue weighted by Gasteiger charge is 2.19. The molecule has 0 aliphatic heterocycles. The van der Waals surface area contributed by atoms with Gasteiger partial charge in [-0.3, -0.25) is 4.79 Å². The van der Waals surface area contributed by atoms with Crippen LogP contribution in [-0.2, 0) is 0 Å². The number of aryl methyl sites for hydroxylation is 1. The van der Waals surface area contributed by atoms with E-state index >= 15 is 0 Å². The number of hydrogen-bond donors (Lipinski definition) is 1. The lowest BCUT2D eigenvalue weighted by Gasteiger charge is -2.21. The van der Waals surface area contributed by atoms with Crippen molar-refractivity contribution in [1.82, 2.24) is 10.3 Å². The van der Waals surface area contributed by atoms with E-state index in [1.807, 2.05) is 0 Å². The van der Waals surface area contributed by atoms with Gasteiger partial charge in [0, 0.05) is 6.04 Å². The number of hydrogen-bond acceptors (Lipinski definition) is 3. The number of carbonyl (C=O) groups is 1. The molecule has 15 heavy (non-hydrogen) atoms. The van der Waals surface area contributed by atoms with Crippen molar-refractivity contribution >= 4 is 5.91 Å². The van der Waals surface area contributed by atoms with Crippen LogP contribution in [0.5, 0.6) is 0 Å². The van der Waals surface area contributed by atoms with Crippen molar-refractivity contribution < 1.29 is 9.21 Å². The molecule has 1 aliphatic rings. The highest BCUT2D eigenvalue weighted by atomic mass is 16.4. The molecular weight excluding hydrogens is 192 g/mol. The van der Waals surface area contributed by atoms with Crippen LogP contribution in [-0.4, -0.2) is 16.9 Å². The minimum atomic E-state index is -0.185. The molecule has 2 rings (SSSR count). The minimum Gasteiger partial charge on any atom is -0.438 e. The zero-order valence-electron chi connectivity index (χ0n) is 8.95. The minimum absolute atomic E-state index is 0.179.